The first-order chi connectivity index (χ1) is 8.09. The van der Waals surface area contributed by atoms with Gasteiger partial charge in [-0.2, -0.15) is 0 Å². The normalized spacial score (nSPS) is 19.3. The molecule has 1 atom stereocenters. The Morgan fingerprint density at radius 3 is 2.71 bits per heavy atom. The number of nitrogens with zero attached hydrogens (tertiary/aromatic N) is 3. The largest absolute Gasteiger partial charge is 0.481 e. The van der Waals surface area contributed by atoms with E-state index in [-0.39, 0.29) is 5.69 Å². The monoisotopic (exact) mass is 236 g/mol. The SMILES string of the molecule is NC(=O)c1nccnc1N1CCC(C(=O)O)C1. The van der Waals surface area contributed by atoms with Gasteiger partial charge >= 0.3 is 5.97 Å². The van der Waals surface area contributed by atoms with Gasteiger partial charge in [0.1, 0.15) is 0 Å². The quantitative estimate of drug-likeness (QED) is 0.731. The number of nitrogens with two attached hydrogens (primary N) is 1. The fraction of sp³-hybridized carbons (Fsp3) is 0.400. The zero-order valence-electron chi connectivity index (χ0n) is 9.04. The topological polar surface area (TPSA) is 109 Å². The van der Waals surface area contributed by atoms with Crippen LogP contribution in [-0.4, -0.2) is 40.0 Å². The predicted octanol–water partition coefficient (Wildman–Crippen LogP) is -0.514. The third-order valence-corrected chi connectivity index (χ3v) is 2.75. The summed E-state index contributed by atoms with van der Waals surface area (Å²) in [5.41, 5.74) is 5.27. The summed E-state index contributed by atoms with van der Waals surface area (Å²) < 4.78 is 0. The molecule has 3 N–H and O–H groups in total. The molecular formula is C10H12N4O3. The summed E-state index contributed by atoms with van der Waals surface area (Å²) in [6.45, 7) is 0.865. The highest BCUT2D eigenvalue weighted by atomic mass is 16.4. The van der Waals surface area contributed by atoms with E-state index < -0.39 is 17.8 Å². The number of carboxylic acid groups (broad SMARTS) is 1. The van der Waals surface area contributed by atoms with Crippen LogP contribution in [0, 0.1) is 5.92 Å². The lowest BCUT2D eigenvalue weighted by Crippen LogP contribution is -2.27. The first-order valence-electron chi connectivity index (χ1n) is 5.18. The van der Waals surface area contributed by atoms with Crippen molar-refractivity contribution in [2.45, 2.75) is 6.42 Å². The van der Waals surface area contributed by atoms with Crippen LogP contribution in [-0.2, 0) is 4.79 Å². The maximum atomic E-state index is 11.2. The van der Waals surface area contributed by atoms with Crippen LogP contribution >= 0.6 is 0 Å². The molecule has 0 radical (unpaired) electrons. The van der Waals surface area contributed by atoms with Crippen LogP contribution in [0.5, 0.6) is 0 Å². The van der Waals surface area contributed by atoms with Crippen molar-refractivity contribution in [3.05, 3.63) is 18.1 Å². The number of hydrogen-bond acceptors (Lipinski definition) is 5. The maximum Gasteiger partial charge on any atom is 0.308 e. The first-order valence-corrected chi connectivity index (χ1v) is 5.18. The Labute approximate surface area is 97.3 Å². The van der Waals surface area contributed by atoms with Crippen molar-refractivity contribution in [2.24, 2.45) is 11.7 Å². The molecule has 2 heterocycles. The molecule has 1 aromatic heterocycles. The van der Waals surface area contributed by atoms with Crippen LogP contribution in [0.2, 0.25) is 0 Å². The molecule has 1 amide bonds. The standard InChI is InChI=1S/C10H12N4O3/c11-8(15)7-9(13-3-2-12-7)14-4-1-6(5-14)10(16)17/h2-3,6H,1,4-5H2,(H2,11,15)(H,16,17). The molecule has 0 bridgehead atoms. The van der Waals surface area contributed by atoms with Gasteiger partial charge in [0.15, 0.2) is 11.5 Å². The van der Waals surface area contributed by atoms with Gasteiger partial charge in [-0.05, 0) is 6.42 Å². The molecule has 1 saturated heterocycles. The Morgan fingerprint density at radius 1 is 1.41 bits per heavy atom. The second-order valence-electron chi connectivity index (χ2n) is 3.86. The number of hydrogen-bond donors (Lipinski definition) is 2. The minimum Gasteiger partial charge on any atom is -0.481 e. The lowest BCUT2D eigenvalue weighted by molar-refractivity contribution is -0.140. The number of rotatable bonds is 3. The average molecular weight is 236 g/mol. The van der Waals surface area contributed by atoms with Crippen LogP contribution < -0.4 is 10.6 Å². The Balaban J connectivity index is 2.24. The fourth-order valence-electron chi connectivity index (χ4n) is 1.89. The second-order valence-corrected chi connectivity index (χ2v) is 3.86. The highest BCUT2D eigenvalue weighted by molar-refractivity contribution is 5.95. The zero-order chi connectivity index (χ0) is 12.4. The molecule has 0 spiro atoms. The van der Waals surface area contributed by atoms with Crippen LogP contribution in [0.25, 0.3) is 0 Å². The summed E-state index contributed by atoms with van der Waals surface area (Å²) in [6, 6.07) is 0. The van der Waals surface area contributed by atoms with Crippen molar-refractivity contribution in [1.82, 2.24) is 9.97 Å². The van der Waals surface area contributed by atoms with Gasteiger partial charge < -0.3 is 15.7 Å². The molecular weight excluding hydrogens is 224 g/mol. The van der Waals surface area contributed by atoms with Gasteiger partial charge in [-0.15, -0.1) is 0 Å². The number of amides is 1. The zero-order valence-corrected chi connectivity index (χ0v) is 9.04. The summed E-state index contributed by atoms with van der Waals surface area (Å²) in [5.74, 6) is -1.56. The van der Waals surface area contributed by atoms with E-state index in [1.807, 2.05) is 0 Å². The van der Waals surface area contributed by atoms with Crippen molar-refractivity contribution >= 4 is 17.7 Å². The number of carbonyl (C=O) groups excluding carboxylic acids is 1. The molecule has 1 aromatic rings. The third kappa shape index (κ3) is 2.17. The van der Waals surface area contributed by atoms with E-state index in [0.717, 1.165) is 0 Å². The van der Waals surface area contributed by atoms with Crippen molar-refractivity contribution in [1.29, 1.82) is 0 Å². The average Bonchev–Trinajstić information content (AvgIpc) is 2.78. The number of aromatic nitrogens is 2. The van der Waals surface area contributed by atoms with Gasteiger partial charge in [0.2, 0.25) is 0 Å². The van der Waals surface area contributed by atoms with Crippen LogP contribution in [0.4, 0.5) is 5.82 Å². The Kier molecular flexibility index (Phi) is 2.90. The van der Waals surface area contributed by atoms with E-state index in [4.69, 9.17) is 10.8 Å². The summed E-state index contributed by atoms with van der Waals surface area (Å²) in [5, 5.41) is 8.90. The van der Waals surface area contributed by atoms with Gasteiger partial charge in [-0.1, -0.05) is 0 Å². The summed E-state index contributed by atoms with van der Waals surface area (Å²) >= 11 is 0. The highest BCUT2D eigenvalue weighted by Gasteiger charge is 2.30. The molecule has 0 aliphatic carbocycles. The third-order valence-electron chi connectivity index (χ3n) is 2.75. The number of carboxylic acids is 1. The van der Waals surface area contributed by atoms with Crippen molar-refractivity contribution < 1.29 is 14.7 Å². The molecule has 1 fully saturated rings. The van der Waals surface area contributed by atoms with Gasteiger partial charge in [0.05, 0.1) is 5.92 Å². The summed E-state index contributed by atoms with van der Waals surface area (Å²) in [4.78, 5) is 31.7. The van der Waals surface area contributed by atoms with E-state index in [1.54, 1.807) is 4.90 Å². The van der Waals surface area contributed by atoms with Crippen molar-refractivity contribution in [3.8, 4) is 0 Å². The molecule has 7 nitrogen and oxygen atoms in total. The summed E-state index contributed by atoms with van der Waals surface area (Å²) in [7, 11) is 0. The van der Waals surface area contributed by atoms with Gasteiger partial charge in [0.25, 0.3) is 5.91 Å². The van der Waals surface area contributed by atoms with E-state index in [9.17, 15) is 9.59 Å². The van der Waals surface area contributed by atoms with Crippen LogP contribution in [0.1, 0.15) is 16.9 Å². The molecule has 1 aliphatic rings. The van der Waals surface area contributed by atoms with Crippen LogP contribution in [0.3, 0.4) is 0 Å². The van der Waals surface area contributed by atoms with E-state index in [2.05, 4.69) is 9.97 Å². The number of primary amides is 1. The van der Waals surface area contributed by atoms with Gasteiger partial charge in [0, 0.05) is 25.5 Å². The number of aliphatic carboxylic acids is 1. The maximum absolute atomic E-state index is 11.2. The molecule has 1 aliphatic heterocycles. The van der Waals surface area contributed by atoms with Gasteiger partial charge in [-0.25, -0.2) is 9.97 Å². The highest BCUT2D eigenvalue weighted by Crippen LogP contribution is 2.23. The molecule has 1 unspecified atom stereocenters. The molecule has 0 aromatic carbocycles. The predicted molar refractivity (Wildman–Crippen MR) is 58.5 cm³/mol. The molecule has 17 heavy (non-hydrogen) atoms. The molecule has 90 valence electrons. The minimum atomic E-state index is -0.836. The van der Waals surface area contributed by atoms with E-state index in [1.165, 1.54) is 12.4 Å². The second kappa shape index (κ2) is 4.36. The summed E-state index contributed by atoms with van der Waals surface area (Å²) in [6.07, 6.45) is 3.37. The van der Waals surface area contributed by atoms with E-state index in [0.29, 0.717) is 25.3 Å². The number of anilines is 1. The Morgan fingerprint density at radius 2 is 2.12 bits per heavy atom. The molecule has 7 heteroatoms. The molecule has 2 rings (SSSR count). The molecule has 0 saturated carbocycles. The lowest BCUT2D eigenvalue weighted by atomic mass is 10.1. The first kappa shape index (κ1) is 11.3. The van der Waals surface area contributed by atoms with Crippen molar-refractivity contribution in [3.63, 3.8) is 0 Å². The Bertz CT molecular complexity index is 463. The van der Waals surface area contributed by atoms with Gasteiger partial charge in [-0.3, -0.25) is 9.59 Å². The van der Waals surface area contributed by atoms with E-state index >= 15 is 0 Å². The van der Waals surface area contributed by atoms with Crippen molar-refractivity contribution in [2.75, 3.05) is 18.0 Å². The fourth-order valence-corrected chi connectivity index (χ4v) is 1.89. The smallest absolute Gasteiger partial charge is 0.308 e. The lowest BCUT2D eigenvalue weighted by Gasteiger charge is -2.17. The number of carbonyl (C=O) groups is 2. The van der Waals surface area contributed by atoms with Crippen LogP contribution in [0.15, 0.2) is 12.4 Å². The Hall–Kier alpha value is -2.18. The minimum absolute atomic E-state index is 0.0820.